The topological polar surface area (TPSA) is 79.9 Å². The average Bonchev–Trinajstić information content (AvgIpc) is 2.96. The van der Waals surface area contributed by atoms with Gasteiger partial charge in [-0.25, -0.2) is 0 Å². The summed E-state index contributed by atoms with van der Waals surface area (Å²) in [6, 6.07) is 13.0. The molecule has 0 spiro atoms. The maximum atomic E-state index is 12.0. The molecule has 0 unspecified atom stereocenters. The molecule has 0 saturated heterocycles. The molecule has 1 aromatic heterocycles. The van der Waals surface area contributed by atoms with E-state index in [1.165, 1.54) is 0 Å². The first-order valence-corrected chi connectivity index (χ1v) is 6.52. The standard InChI is InChI=1S/C15H14N4O2/c1-10-5-2-3-8-13(10)21-9-14(20)16-11-6-4-7-12-15(11)18-19-17-12/h2-8H,9H2,1H3,(H,16,20)(H,17,18,19). The number of H-pyrrole nitrogens is 1. The van der Waals surface area contributed by atoms with E-state index in [0.717, 1.165) is 5.56 Å². The van der Waals surface area contributed by atoms with Crippen molar-refractivity contribution in [2.24, 2.45) is 0 Å². The maximum absolute atomic E-state index is 12.0. The van der Waals surface area contributed by atoms with Crippen LogP contribution < -0.4 is 10.1 Å². The van der Waals surface area contributed by atoms with Crippen LogP contribution in [0.3, 0.4) is 0 Å². The number of ether oxygens (including phenoxy) is 1. The van der Waals surface area contributed by atoms with Crippen molar-refractivity contribution >= 4 is 22.6 Å². The monoisotopic (exact) mass is 282 g/mol. The van der Waals surface area contributed by atoms with E-state index in [2.05, 4.69) is 20.7 Å². The molecule has 0 aliphatic heterocycles. The average molecular weight is 282 g/mol. The maximum Gasteiger partial charge on any atom is 0.262 e. The molecular weight excluding hydrogens is 268 g/mol. The normalized spacial score (nSPS) is 10.5. The summed E-state index contributed by atoms with van der Waals surface area (Å²) in [7, 11) is 0. The first kappa shape index (κ1) is 13.1. The van der Waals surface area contributed by atoms with Crippen LogP contribution >= 0.6 is 0 Å². The zero-order valence-corrected chi connectivity index (χ0v) is 11.5. The van der Waals surface area contributed by atoms with Crippen molar-refractivity contribution in [2.75, 3.05) is 11.9 Å². The predicted octanol–water partition coefficient (Wildman–Crippen LogP) is 2.28. The van der Waals surface area contributed by atoms with Crippen LogP contribution in [0.15, 0.2) is 42.5 Å². The van der Waals surface area contributed by atoms with E-state index in [0.29, 0.717) is 22.5 Å². The minimum Gasteiger partial charge on any atom is -0.483 e. The highest BCUT2D eigenvalue weighted by Crippen LogP contribution is 2.19. The van der Waals surface area contributed by atoms with Crippen molar-refractivity contribution in [1.82, 2.24) is 15.4 Å². The third kappa shape index (κ3) is 2.84. The number of benzene rings is 2. The molecule has 2 N–H and O–H groups in total. The molecule has 0 aliphatic carbocycles. The van der Waals surface area contributed by atoms with Gasteiger partial charge in [0.05, 0.1) is 5.69 Å². The van der Waals surface area contributed by atoms with Crippen molar-refractivity contribution in [2.45, 2.75) is 6.92 Å². The molecule has 1 amide bonds. The highest BCUT2D eigenvalue weighted by Gasteiger charge is 2.09. The van der Waals surface area contributed by atoms with Crippen molar-refractivity contribution in [3.05, 3.63) is 48.0 Å². The van der Waals surface area contributed by atoms with Gasteiger partial charge >= 0.3 is 0 Å². The van der Waals surface area contributed by atoms with Crippen LogP contribution in [0, 0.1) is 6.92 Å². The number of aromatic nitrogens is 3. The van der Waals surface area contributed by atoms with Crippen molar-refractivity contribution in [3.8, 4) is 5.75 Å². The van der Waals surface area contributed by atoms with E-state index < -0.39 is 0 Å². The second-order valence-corrected chi connectivity index (χ2v) is 4.60. The van der Waals surface area contributed by atoms with E-state index in [1.54, 1.807) is 6.07 Å². The summed E-state index contributed by atoms with van der Waals surface area (Å²) in [5, 5.41) is 13.3. The summed E-state index contributed by atoms with van der Waals surface area (Å²) >= 11 is 0. The van der Waals surface area contributed by atoms with Crippen LogP contribution in [0.1, 0.15) is 5.56 Å². The van der Waals surface area contributed by atoms with Gasteiger partial charge in [-0.1, -0.05) is 24.3 Å². The van der Waals surface area contributed by atoms with Gasteiger partial charge in [-0.2, -0.15) is 15.4 Å². The van der Waals surface area contributed by atoms with Crippen LogP contribution in [-0.4, -0.2) is 27.9 Å². The van der Waals surface area contributed by atoms with Crippen LogP contribution in [-0.2, 0) is 4.79 Å². The molecule has 0 aliphatic rings. The zero-order valence-electron chi connectivity index (χ0n) is 11.5. The molecule has 1 heterocycles. The summed E-state index contributed by atoms with van der Waals surface area (Å²) in [5.41, 5.74) is 2.93. The molecule has 2 aromatic carbocycles. The third-order valence-corrected chi connectivity index (χ3v) is 3.07. The molecule has 106 valence electrons. The van der Waals surface area contributed by atoms with Gasteiger partial charge in [-0.05, 0) is 30.7 Å². The molecule has 0 saturated carbocycles. The minimum atomic E-state index is -0.242. The van der Waals surface area contributed by atoms with Gasteiger partial charge in [0.15, 0.2) is 6.61 Å². The third-order valence-electron chi connectivity index (χ3n) is 3.07. The predicted molar refractivity (Wildman–Crippen MR) is 79.2 cm³/mol. The molecule has 0 atom stereocenters. The number of carbonyl (C=O) groups is 1. The number of fused-ring (bicyclic) bond motifs is 1. The van der Waals surface area contributed by atoms with E-state index in [-0.39, 0.29) is 12.5 Å². The Kier molecular flexibility index (Phi) is 3.51. The highest BCUT2D eigenvalue weighted by atomic mass is 16.5. The second-order valence-electron chi connectivity index (χ2n) is 4.60. The first-order valence-electron chi connectivity index (χ1n) is 6.52. The summed E-state index contributed by atoms with van der Waals surface area (Å²) < 4.78 is 5.51. The van der Waals surface area contributed by atoms with Gasteiger partial charge in [0.1, 0.15) is 16.8 Å². The van der Waals surface area contributed by atoms with E-state index in [1.807, 2.05) is 43.3 Å². The number of hydrogen-bond acceptors (Lipinski definition) is 4. The lowest BCUT2D eigenvalue weighted by Gasteiger charge is -2.09. The van der Waals surface area contributed by atoms with Crippen molar-refractivity contribution in [3.63, 3.8) is 0 Å². The number of amides is 1. The SMILES string of the molecule is Cc1ccccc1OCC(=O)Nc1cccc2n[nH]nc12. The zero-order chi connectivity index (χ0) is 14.7. The van der Waals surface area contributed by atoms with Crippen molar-refractivity contribution in [1.29, 1.82) is 0 Å². The number of nitrogens with one attached hydrogen (secondary N) is 2. The second kappa shape index (κ2) is 5.62. The number of nitrogens with zero attached hydrogens (tertiary/aromatic N) is 2. The Morgan fingerprint density at radius 2 is 2.05 bits per heavy atom. The molecule has 6 nitrogen and oxygen atoms in total. The Labute approximate surface area is 121 Å². The lowest BCUT2D eigenvalue weighted by atomic mass is 10.2. The van der Waals surface area contributed by atoms with Crippen LogP contribution in [0.25, 0.3) is 11.0 Å². The molecule has 21 heavy (non-hydrogen) atoms. The number of anilines is 1. The molecular formula is C15H14N4O2. The lowest BCUT2D eigenvalue weighted by molar-refractivity contribution is -0.118. The fourth-order valence-electron chi connectivity index (χ4n) is 2.02. The number of aromatic amines is 1. The largest absolute Gasteiger partial charge is 0.483 e. The number of aryl methyl sites for hydroxylation is 1. The summed E-state index contributed by atoms with van der Waals surface area (Å²) in [6.07, 6.45) is 0. The summed E-state index contributed by atoms with van der Waals surface area (Å²) in [4.78, 5) is 12.0. The molecule has 0 radical (unpaired) electrons. The fraction of sp³-hybridized carbons (Fsp3) is 0.133. The Morgan fingerprint density at radius 3 is 2.90 bits per heavy atom. The van der Waals surface area contributed by atoms with Gasteiger partial charge in [-0.3, -0.25) is 4.79 Å². The molecule has 3 rings (SSSR count). The van der Waals surface area contributed by atoms with Crippen LogP contribution in [0.4, 0.5) is 5.69 Å². The smallest absolute Gasteiger partial charge is 0.262 e. The lowest BCUT2D eigenvalue weighted by Crippen LogP contribution is -2.20. The Hall–Kier alpha value is -2.89. The molecule has 3 aromatic rings. The van der Waals surface area contributed by atoms with Gasteiger partial charge in [0, 0.05) is 0 Å². The number of rotatable bonds is 4. The number of carbonyl (C=O) groups excluding carboxylic acids is 1. The van der Waals surface area contributed by atoms with Gasteiger partial charge in [0.25, 0.3) is 5.91 Å². The minimum absolute atomic E-state index is 0.0565. The highest BCUT2D eigenvalue weighted by molar-refractivity contribution is 5.99. The number of hydrogen-bond donors (Lipinski definition) is 2. The number of para-hydroxylation sites is 2. The van der Waals surface area contributed by atoms with Gasteiger partial charge in [0.2, 0.25) is 0 Å². The Bertz CT molecular complexity index is 782. The van der Waals surface area contributed by atoms with Gasteiger partial charge in [-0.15, -0.1) is 0 Å². The Balaban J connectivity index is 1.67. The van der Waals surface area contributed by atoms with E-state index in [4.69, 9.17) is 4.74 Å². The molecule has 0 fully saturated rings. The van der Waals surface area contributed by atoms with Crippen molar-refractivity contribution < 1.29 is 9.53 Å². The van der Waals surface area contributed by atoms with Crippen LogP contribution in [0.2, 0.25) is 0 Å². The van der Waals surface area contributed by atoms with Gasteiger partial charge < -0.3 is 10.1 Å². The fourth-order valence-corrected chi connectivity index (χ4v) is 2.02. The van der Waals surface area contributed by atoms with Crippen LogP contribution in [0.5, 0.6) is 5.75 Å². The summed E-state index contributed by atoms with van der Waals surface area (Å²) in [5.74, 6) is 0.459. The first-order chi connectivity index (χ1) is 10.2. The van der Waals surface area contributed by atoms with E-state index >= 15 is 0 Å². The quantitative estimate of drug-likeness (QED) is 0.769. The Morgan fingerprint density at radius 1 is 1.19 bits per heavy atom. The van der Waals surface area contributed by atoms with E-state index in [9.17, 15) is 4.79 Å². The summed E-state index contributed by atoms with van der Waals surface area (Å²) in [6.45, 7) is 1.88. The molecule has 6 heteroatoms. The molecule has 0 bridgehead atoms.